The quantitative estimate of drug-likeness (QED) is 0.866. The van der Waals surface area contributed by atoms with Gasteiger partial charge < -0.3 is 15.1 Å². The van der Waals surface area contributed by atoms with Crippen LogP contribution in [-0.4, -0.2) is 46.1 Å². The molecule has 1 atom stereocenters. The third-order valence-corrected chi connectivity index (χ3v) is 5.40. The van der Waals surface area contributed by atoms with E-state index in [0.29, 0.717) is 37.3 Å². The number of carbonyl (C=O) groups is 2. The summed E-state index contributed by atoms with van der Waals surface area (Å²) in [6, 6.07) is 11.3. The molecule has 2 amide bonds. The second-order valence-corrected chi connectivity index (χ2v) is 7.73. The van der Waals surface area contributed by atoms with E-state index in [0.717, 1.165) is 24.0 Å². The van der Waals surface area contributed by atoms with E-state index in [-0.39, 0.29) is 11.8 Å². The first kappa shape index (κ1) is 19.1. The fraction of sp³-hybridized carbons (Fsp3) is 0.364. The number of nitrogens with one attached hydrogen (secondary N) is 1. The fourth-order valence-corrected chi connectivity index (χ4v) is 3.88. The van der Waals surface area contributed by atoms with E-state index in [1.165, 1.54) is 0 Å². The smallest absolute Gasteiger partial charge is 0.269 e. The van der Waals surface area contributed by atoms with E-state index < -0.39 is 5.60 Å². The summed E-state index contributed by atoms with van der Waals surface area (Å²) in [6.07, 6.45) is 5.38. The van der Waals surface area contributed by atoms with Gasteiger partial charge in [0.15, 0.2) is 5.60 Å². The van der Waals surface area contributed by atoms with Gasteiger partial charge in [0.05, 0.1) is 6.54 Å². The number of nitrogens with zero attached hydrogens (tertiary/aromatic N) is 3. The predicted octanol–water partition coefficient (Wildman–Crippen LogP) is 2.46. The van der Waals surface area contributed by atoms with E-state index in [1.807, 2.05) is 48.2 Å². The van der Waals surface area contributed by atoms with E-state index >= 15 is 0 Å². The molecule has 4 rings (SSSR count). The van der Waals surface area contributed by atoms with Crippen LogP contribution in [0.4, 0.5) is 0 Å². The molecular formula is C22H24N4O3. The van der Waals surface area contributed by atoms with E-state index in [2.05, 4.69) is 15.5 Å². The number of likely N-dealkylation sites (tertiary alicyclic amines) is 1. The van der Waals surface area contributed by atoms with Gasteiger partial charge in [-0.25, -0.2) is 0 Å². The highest BCUT2D eigenvalue weighted by atomic mass is 16.7. The van der Waals surface area contributed by atoms with Gasteiger partial charge >= 0.3 is 0 Å². The van der Waals surface area contributed by atoms with Crippen molar-refractivity contribution in [3.05, 3.63) is 65.5 Å². The second-order valence-electron chi connectivity index (χ2n) is 7.73. The average Bonchev–Trinajstić information content (AvgIpc) is 3.15. The zero-order valence-corrected chi connectivity index (χ0v) is 16.4. The summed E-state index contributed by atoms with van der Waals surface area (Å²) in [5, 5.41) is 6.93. The number of aromatic nitrogens is 1. The molecule has 150 valence electrons. The Morgan fingerprint density at radius 2 is 2.07 bits per heavy atom. The molecule has 0 saturated carbocycles. The lowest BCUT2D eigenvalue weighted by atomic mass is 9.87. The Labute approximate surface area is 169 Å². The standard InChI is InChI=1S/C22H24N4O3/c1-16-4-2-5-18(12-16)21(28)26-11-3-8-22(15-26)13-19(25-29-22)20(27)24-14-17-6-9-23-10-7-17/h2,4-7,9-10,12H,3,8,11,13-15H2,1H3,(H,24,27)/t22-/m1/s1. The molecule has 2 aliphatic heterocycles. The Bertz CT molecular complexity index is 944. The summed E-state index contributed by atoms with van der Waals surface area (Å²) in [5.74, 6) is -0.243. The fourth-order valence-electron chi connectivity index (χ4n) is 3.88. The number of amides is 2. The van der Waals surface area contributed by atoms with Gasteiger partial charge in [0.25, 0.3) is 11.8 Å². The second kappa shape index (κ2) is 8.03. The van der Waals surface area contributed by atoms with Gasteiger partial charge in [-0.15, -0.1) is 0 Å². The number of aryl methyl sites for hydroxylation is 1. The van der Waals surface area contributed by atoms with Crippen LogP contribution in [0.2, 0.25) is 0 Å². The Balaban J connectivity index is 1.37. The van der Waals surface area contributed by atoms with Crippen LogP contribution in [0.1, 0.15) is 40.7 Å². The maximum atomic E-state index is 12.9. The lowest BCUT2D eigenvalue weighted by Gasteiger charge is -2.38. The first-order valence-electron chi connectivity index (χ1n) is 9.83. The Hall–Kier alpha value is -3.22. The van der Waals surface area contributed by atoms with Crippen molar-refractivity contribution in [3.63, 3.8) is 0 Å². The summed E-state index contributed by atoms with van der Waals surface area (Å²) < 4.78 is 0. The zero-order valence-electron chi connectivity index (χ0n) is 16.4. The largest absolute Gasteiger partial charge is 0.386 e. The van der Waals surface area contributed by atoms with Crippen LogP contribution in [0.15, 0.2) is 53.9 Å². The van der Waals surface area contributed by atoms with E-state index in [4.69, 9.17) is 4.84 Å². The van der Waals surface area contributed by atoms with Gasteiger partial charge in [-0.05, 0) is 49.6 Å². The van der Waals surface area contributed by atoms with Crippen LogP contribution in [-0.2, 0) is 16.2 Å². The van der Waals surface area contributed by atoms with Crippen LogP contribution < -0.4 is 5.32 Å². The maximum Gasteiger partial charge on any atom is 0.269 e. The molecule has 0 radical (unpaired) electrons. The molecule has 1 N–H and O–H groups in total. The van der Waals surface area contributed by atoms with Crippen LogP contribution in [0.5, 0.6) is 0 Å². The molecule has 7 nitrogen and oxygen atoms in total. The van der Waals surface area contributed by atoms with Crippen LogP contribution >= 0.6 is 0 Å². The third kappa shape index (κ3) is 4.29. The van der Waals surface area contributed by atoms with Gasteiger partial charge in [-0.2, -0.15) is 0 Å². The maximum absolute atomic E-state index is 12.9. The molecule has 29 heavy (non-hydrogen) atoms. The first-order valence-corrected chi connectivity index (χ1v) is 9.83. The van der Waals surface area contributed by atoms with Crippen molar-refractivity contribution in [2.24, 2.45) is 5.16 Å². The molecule has 3 heterocycles. The van der Waals surface area contributed by atoms with Gasteiger partial charge in [-0.3, -0.25) is 14.6 Å². The molecule has 7 heteroatoms. The van der Waals surface area contributed by atoms with Crippen molar-refractivity contribution in [2.45, 2.75) is 38.3 Å². The van der Waals surface area contributed by atoms with Crippen molar-refractivity contribution >= 4 is 17.5 Å². The van der Waals surface area contributed by atoms with Crippen molar-refractivity contribution in [1.29, 1.82) is 0 Å². The molecule has 2 aliphatic rings. The molecule has 2 aromatic rings. The summed E-state index contributed by atoms with van der Waals surface area (Å²) in [4.78, 5) is 36.9. The molecule has 1 aromatic heterocycles. The van der Waals surface area contributed by atoms with Gasteiger partial charge in [0.1, 0.15) is 5.71 Å². The predicted molar refractivity (Wildman–Crippen MR) is 108 cm³/mol. The number of carbonyl (C=O) groups excluding carboxylic acids is 2. The lowest BCUT2D eigenvalue weighted by molar-refractivity contribution is -0.115. The molecular weight excluding hydrogens is 368 g/mol. The molecule has 0 aliphatic carbocycles. The SMILES string of the molecule is Cc1cccc(C(=O)N2CCC[C@@]3(CC(C(=O)NCc4ccncc4)=NO3)C2)c1. The topological polar surface area (TPSA) is 83.9 Å². The highest BCUT2D eigenvalue weighted by Crippen LogP contribution is 2.34. The molecule has 1 fully saturated rings. The molecule has 0 unspecified atom stereocenters. The number of piperidine rings is 1. The molecule has 0 bridgehead atoms. The minimum atomic E-state index is -0.610. The van der Waals surface area contributed by atoms with E-state index in [1.54, 1.807) is 12.4 Å². The highest BCUT2D eigenvalue weighted by Gasteiger charge is 2.45. The first-order chi connectivity index (χ1) is 14.0. The van der Waals surface area contributed by atoms with Crippen molar-refractivity contribution < 1.29 is 14.4 Å². The van der Waals surface area contributed by atoms with Gasteiger partial charge in [0, 0.05) is 37.5 Å². The van der Waals surface area contributed by atoms with Crippen molar-refractivity contribution in [2.75, 3.05) is 13.1 Å². The Kier molecular flexibility index (Phi) is 5.29. The number of benzene rings is 1. The average molecular weight is 392 g/mol. The Morgan fingerprint density at radius 3 is 2.86 bits per heavy atom. The number of rotatable bonds is 4. The summed E-state index contributed by atoms with van der Waals surface area (Å²) >= 11 is 0. The number of hydrogen-bond acceptors (Lipinski definition) is 5. The molecule has 1 aromatic carbocycles. The minimum Gasteiger partial charge on any atom is -0.386 e. The third-order valence-electron chi connectivity index (χ3n) is 5.40. The number of pyridine rings is 1. The monoisotopic (exact) mass is 392 g/mol. The normalized spacial score (nSPS) is 20.9. The zero-order chi connectivity index (χ0) is 20.3. The molecule has 1 spiro atoms. The van der Waals surface area contributed by atoms with Crippen molar-refractivity contribution in [3.8, 4) is 0 Å². The number of hydrogen-bond donors (Lipinski definition) is 1. The van der Waals surface area contributed by atoms with Crippen molar-refractivity contribution in [1.82, 2.24) is 15.2 Å². The van der Waals surface area contributed by atoms with Gasteiger partial charge in [-0.1, -0.05) is 22.9 Å². The lowest BCUT2D eigenvalue weighted by Crippen LogP contribution is -2.51. The van der Waals surface area contributed by atoms with Crippen LogP contribution in [0.25, 0.3) is 0 Å². The summed E-state index contributed by atoms with van der Waals surface area (Å²) in [7, 11) is 0. The summed E-state index contributed by atoms with van der Waals surface area (Å²) in [5.41, 5.74) is 2.47. The van der Waals surface area contributed by atoms with Crippen LogP contribution in [0.3, 0.4) is 0 Å². The van der Waals surface area contributed by atoms with Crippen LogP contribution in [0, 0.1) is 6.92 Å². The minimum absolute atomic E-state index is 0.00744. The van der Waals surface area contributed by atoms with E-state index in [9.17, 15) is 9.59 Å². The number of oxime groups is 1. The summed E-state index contributed by atoms with van der Waals surface area (Å²) in [6.45, 7) is 3.50. The van der Waals surface area contributed by atoms with Gasteiger partial charge in [0.2, 0.25) is 0 Å². The Morgan fingerprint density at radius 1 is 1.24 bits per heavy atom. The highest BCUT2D eigenvalue weighted by molar-refractivity contribution is 6.39. The molecule has 1 saturated heterocycles.